The van der Waals surface area contributed by atoms with Gasteiger partial charge >= 0.3 is 0 Å². The van der Waals surface area contributed by atoms with Crippen LogP contribution >= 0.6 is 0 Å². The van der Waals surface area contributed by atoms with Crippen molar-refractivity contribution in [2.45, 2.75) is 25.0 Å². The van der Waals surface area contributed by atoms with Crippen LogP contribution in [-0.2, 0) is 6.54 Å². The Balaban J connectivity index is 1.13. The largest absolute Gasteiger partial charge is 0.632 e. The molecule has 4 aliphatic rings. The van der Waals surface area contributed by atoms with Crippen molar-refractivity contribution in [1.29, 1.82) is 5.26 Å². The van der Waals surface area contributed by atoms with Gasteiger partial charge in [0.1, 0.15) is 30.5 Å². The van der Waals surface area contributed by atoms with E-state index in [0.29, 0.717) is 25.2 Å². The van der Waals surface area contributed by atoms with E-state index in [0.717, 1.165) is 66.3 Å². The second-order valence-electron chi connectivity index (χ2n) is 11.3. The van der Waals surface area contributed by atoms with Crippen molar-refractivity contribution in [2.75, 3.05) is 56.1 Å². The molecular weight excluding hydrogens is 506 g/mol. The molecule has 0 spiro atoms. The number of nitrogens with zero attached hydrogens (tertiary/aromatic N) is 9. The molecule has 0 saturated carbocycles. The summed E-state index contributed by atoms with van der Waals surface area (Å²) in [6, 6.07) is 11.8. The van der Waals surface area contributed by atoms with Crippen LogP contribution in [0.5, 0.6) is 5.88 Å². The highest BCUT2D eigenvalue weighted by atomic mass is 16.6. The van der Waals surface area contributed by atoms with E-state index in [4.69, 9.17) is 4.98 Å². The molecule has 4 aliphatic heterocycles. The molecular formula is C29H31N9O2. The van der Waals surface area contributed by atoms with Gasteiger partial charge in [0.25, 0.3) is 0 Å². The first kappa shape index (κ1) is 24.8. The maximum absolute atomic E-state index is 13.7. The molecule has 4 fully saturated rings. The lowest BCUT2D eigenvalue weighted by atomic mass is 9.85. The molecule has 4 aromatic rings. The number of rotatable bonds is 5. The number of aromatic nitrogens is 4. The summed E-state index contributed by atoms with van der Waals surface area (Å²) in [6.07, 6.45) is 8.00. The van der Waals surface area contributed by atoms with Gasteiger partial charge in [0.15, 0.2) is 0 Å². The Kier molecular flexibility index (Phi) is 5.85. The molecule has 2 atom stereocenters. The normalized spacial score (nSPS) is 24.6. The molecule has 2 unspecified atom stereocenters. The standard InChI is InChI=1S/C29H31N9O2/c1-34-6-8-35(9-7-34)23-10-26(29-22(12-30)15-33-37(29)16-23)21-3-4-27(31-14-21)36-17-24-11-25(18-36)38(24,40)19-20-2-5-28(39)32-13-20/h2-5,10,13-16,24-25H,6-9,11,17-19H2,1H3,(H,32,39). The van der Waals surface area contributed by atoms with E-state index in [9.17, 15) is 15.6 Å². The lowest BCUT2D eigenvalue weighted by Crippen LogP contribution is -2.77. The van der Waals surface area contributed by atoms with Gasteiger partial charge in [0.05, 0.1) is 48.7 Å². The molecule has 0 amide bonds. The van der Waals surface area contributed by atoms with E-state index >= 15 is 0 Å². The number of likely N-dealkylation sites (N-methyl/N-ethyl adjacent to an activating group) is 1. The minimum Gasteiger partial charge on any atom is -0.632 e. The minimum absolute atomic E-state index is 0.0149. The Labute approximate surface area is 232 Å². The maximum Gasteiger partial charge on any atom is 0.210 e. The Bertz CT molecular complexity index is 1580. The first-order chi connectivity index (χ1) is 19.4. The number of piperidine rings is 1. The summed E-state index contributed by atoms with van der Waals surface area (Å²) in [5.74, 6) is 0.825. The van der Waals surface area contributed by atoms with Gasteiger partial charge in [-0.15, -0.1) is 0 Å². The molecule has 4 aromatic heterocycles. The summed E-state index contributed by atoms with van der Waals surface area (Å²) in [7, 11) is 2.14. The van der Waals surface area contributed by atoms with Crippen molar-refractivity contribution in [1.82, 2.24) is 24.5 Å². The summed E-state index contributed by atoms with van der Waals surface area (Å²) in [5.41, 5.74) is 5.11. The second-order valence-corrected chi connectivity index (χ2v) is 11.3. The highest BCUT2D eigenvalue weighted by molar-refractivity contribution is 5.86. The number of nitriles is 1. The topological polar surface area (TPSA) is 120 Å². The van der Waals surface area contributed by atoms with Crippen LogP contribution in [0, 0.1) is 16.5 Å². The number of anilines is 2. The monoisotopic (exact) mass is 537 g/mol. The van der Waals surface area contributed by atoms with Crippen LogP contribution in [0.4, 0.5) is 11.5 Å². The molecule has 8 heterocycles. The van der Waals surface area contributed by atoms with Crippen LogP contribution < -0.4 is 9.80 Å². The fourth-order valence-corrected chi connectivity index (χ4v) is 6.46. The Hall–Kier alpha value is -4.24. The zero-order valence-corrected chi connectivity index (χ0v) is 22.4. The van der Waals surface area contributed by atoms with Gasteiger partial charge in [-0.3, -0.25) is 0 Å². The average molecular weight is 538 g/mol. The van der Waals surface area contributed by atoms with Gasteiger partial charge in [0.2, 0.25) is 5.88 Å². The Morgan fingerprint density at radius 2 is 1.82 bits per heavy atom. The van der Waals surface area contributed by atoms with E-state index in [1.165, 1.54) is 6.07 Å². The van der Waals surface area contributed by atoms with Crippen LogP contribution in [0.3, 0.4) is 0 Å². The summed E-state index contributed by atoms with van der Waals surface area (Å²) in [4.78, 5) is 15.6. The zero-order valence-electron chi connectivity index (χ0n) is 22.4. The number of hydrogen-bond acceptors (Lipinski definition) is 9. The third-order valence-electron chi connectivity index (χ3n) is 8.85. The lowest BCUT2D eigenvalue weighted by Gasteiger charge is -2.66. The highest BCUT2D eigenvalue weighted by Gasteiger charge is 2.54. The van der Waals surface area contributed by atoms with E-state index in [1.807, 2.05) is 23.0 Å². The maximum atomic E-state index is 13.7. The van der Waals surface area contributed by atoms with E-state index in [-0.39, 0.29) is 22.6 Å². The number of piperazine rings is 2. The van der Waals surface area contributed by atoms with E-state index in [2.05, 4.69) is 50.0 Å². The summed E-state index contributed by atoms with van der Waals surface area (Å²) in [6.45, 7) is 5.55. The molecule has 1 N–H and O–H groups in total. The third kappa shape index (κ3) is 4.12. The molecule has 0 aromatic carbocycles. The first-order valence-electron chi connectivity index (χ1n) is 13.7. The molecule has 204 valence electrons. The van der Waals surface area contributed by atoms with Gasteiger partial charge in [0, 0.05) is 61.3 Å². The van der Waals surface area contributed by atoms with E-state index < -0.39 is 0 Å². The van der Waals surface area contributed by atoms with Gasteiger partial charge in [-0.05, 0) is 31.3 Å². The molecule has 0 aliphatic carbocycles. The quantitative estimate of drug-likeness (QED) is 0.303. The first-order valence-corrected chi connectivity index (χ1v) is 13.7. The molecule has 0 radical (unpaired) electrons. The SMILES string of the molecule is CN1CCN(c2cc(-c3ccc(N4CC5CC(C4)[N+]5([O-])Cc4ccc(O)nc4)nc3)c3c(C#N)cnn3c2)CC1. The third-order valence-corrected chi connectivity index (χ3v) is 8.85. The smallest absolute Gasteiger partial charge is 0.210 e. The lowest BCUT2D eigenvalue weighted by molar-refractivity contribution is -0.984. The predicted octanol–water partition coefficient (Wildman–Crippen LogP) is 2.60. The van der Waals surface area contributed by atoms with Crippen molar-refractivity contribution in [3.05, 3.63) is 71.5 Å². The fourth-order valence-electron chi connectivity index (χ4n) is 6.46. The number of fused-ring (bicyclic) bond motifs is 3. The average Bonchev–Trinajstić information content (AvgIpc) is 3.41. The van der Waals surface area contributed by atoms with Gasteiger partial charge in [-0.1, -0.05) is 0 Å². The molecule has 11 nitrogen and oxygen atoms in total. The number of hydroxylamine groups is 3. The Morgan fingerprint density at radius 3 is 2.50 bits per heavy atom. The number of aromatic hydroxyl groups is 1. The second kappa shape index (κ2) is 9.45. The number of pyridine rings is 3. The van der Waals surface area contributed by atoms with Crippen molar-refractivity contribution in [3.63, 3.8) is 0 Å². The van der Waals surface area contributed by atoms with Crippen molar-refractivity contribution in [2.24, 2.45) is 0 Å². The summed E-state index contributed by atoms with van der Waals surface area (Å²) < 4.78 is 1.57. The van der Waals surface area contributed by atoms with Crippen LogP contribution in [0.1, 0.15) is 17.5 Å². The predicted molar refractivity (Wildman–Crippen MR) is 150 cm³/mol. The van der Waals surface area contributed by atoms with E-state index in [1.54, 1.807) is 18.5 Å². The molecule has 4 saturated heterocycles. The van der Waals surface area contributed by atoms with Crippen LogP contribution in [0.25, 0.3) is 16.6 Å². The van der Waals surface area contributed by atoms with Crippen molar-refractivity contribution in [3.8, 4) is 23.1 Å². The van der Waals surface area contributed by atoms with Gasteiger partial charge < -0.3 is 29.7 Å². The van der Waals surface area contributed by atoms with Crippen molar-refractivity contribution >= 4 is 17.0 Å². The van der Waals surface area contributed by atoms with Crippen molar-refractivity contribution < 1.29 is 9.75 Å². The summed E-state index contributed by atoms with van der Waals surface area (Å²) in [5, 5.41) is 37.4. The number of hydrogen-bond donors (Lipinski definition) is 1. The van der Waals surface area contributed by atoms with Crippen LogP contribution in [0.15, 0.2) is 55.1 Å². The summed E-state index contributed by atoms with van der Waals surface area (Å²) >= 11 is 0. The molecule has 8 rings (SSSR count). The molecule has 2 bridgehead atoms. The van der Waals surface area contributed by atoms with Gasteiger partial charge in [-0.25, -0.2) is 14.5 Å². The van der Waals surface area contributed by atoms with Crippen LogP contribution in [-0.4, -0.2) is 92.6 Å². The molecule has 11 heteroatoms. The zero-order chi connectivity index (χ0) is 27.4. The fraction of sp³-hybridized carbons (Fsp3) is 0.379. The molecule has 40 heavy (non-hydrogen) atoms. The highest BCUT2D eigenvalue weighted by Crippen LogP contribution is 2.42. The Morgan fingerprint density at radius 1 is 1.02 bits per heavy atom. The van der Waals surface area contributed by atoms with Gasteiger partial charge in [-0.2, -0.15) is 10.4 Å². The minimum atomic E-state index is -0.240. The number of quaternary nitrogens is 1. The van der Waals surface area contributed by atoms with Crippen LogP contribution in [0.2, 0.25) is 0 Å².